The molecule has 0 aliphatic rings. The number of benzene rings is 1. The molecule has 0 atom stereocenters. The number of methoxy groups -OCH3 is 1. The van der Waals surface area contributed by atoms with Crippen molar-refractivity contribution < 1.29 is 18.6 Å². The van der Waals surface area contributed by atoms with Crippen molar-refractivity contribution >= 4 is 0 Å². The van der Waals surface area contributed by atoms with Gasteiger partial charge < -0.3 is 14.2 Å². The molecule has 0 heterocycles. The third-order valence-corrected chi connectivity index (χ3v) is 2.43. The van der Waals surface area contributed by atoms with Crippen LogP contribution >= 0.6 is 0 Å². The summed E-state index contributed by atoms with van der Waals surface area (Å²) < 4.78 is 28.7. The van der Waals surface area contributed by atoms with Crippen LogP contribution in [0.5, 0.6) is 0 Å². The van der Waals surface area contributed by atoms with Crippen LogP contribution in [0.25, 0.3) is 0 Å². The number of halogens is 1. The average Bonchev–Trinajstić information content (AvgIpc) is 2.43. The first kappa shape index (κ1) is 15.6. The molecule has 0 saturated heterocycles. The second kappa shape index (κ2) is 9.45. The molecule has 104 valence electrons. The number of rotatable bonds is 9. The Bertz CT molecular complexity index is 418. The van der Waals surface area contributed by atoms with E-state index in [0.29, 0.717) is 33.0 Å². The molecule has 1 rings (SSSR count). The smallest absolute Gasteiger partial charge is 0.140 e. The molecule has 0 bridgehead atoms. The topological polar surface area (TPSA) is 51.5 Å². The summed E-state index contributed by atoms with van der Waals surface area (Å²) in [5.74, 6) is -0.507. The van der Waals surface area contributed by atoms with Gasteiger partial charge in [-0.05, 0) is 24.1 Å². The molecular weight excluding hydrogens is 249 g/mol. The van der Waals surface area contributed by atoms with Gasteiger partial charge in [0.05, 0.1) is 25.4 Å². The average molecular weight is 267 g/mol. The van der Waals surface area contributed by atoms with Crippen molar-refractivity contribution in [3.05, 3.63) is 35.1 Å². The SMILES string of the molecule is COCCCOCCOCc1ccc(F)c(C#N)c1. The maximum absolute atomic E-state index is 13.1. The molecule has 0 aliphatic carbocycles. The fourth-order valence-electron chi connectivity index (χ4n) is 1.46. The van der Waals surface area contributed by atoms with Gasteiger partial charge in [-0.2, -0.15) is 5.26 Å². The van der Waals surface area contributed by atoms with Crippen molar-refractivity contribution in [2.75, 3.05) is 33.5 Å². The zero-order valence-electron chi connectivity index (χ0n) is 11.0. The second-order valence-corrected chi connectivity index (χ2v) is 3.94. The lowest BCUT2D eigenvalue weighted by Crippen LogP contribution is -2.06. The first-order valence-corrected chi connectivity index (χ1v) is 6.11. The molecule has 0 unspecified atom stereocenters. The van der Waals surface area contributed by atoms with E-state index in [0.717, 1.165) is 12.0 Å². The van der Waals surface area contributed by atoms with E-state index in [1.165, 1.54) is 12.1 Å². The molecule has 0 aromatic heterocycles. The molecule has 0 saturated carbocycles. The number of nitriles is 1. The molecule has 0 radical (unpaired) electrons. The van der Waals surface area contributed by atoms with Crippen LogP contribution in [0.2, 0.25) is 0 Å². The minimum atomic E-state index is -0.507. The molecule has 0 aliphatic heterocycles. The van der Waals surface area contributed by atoms with Gasteiger partial charge in [-0.25, -0.2) is 4.39 Å². The van der Waals surface area contributed by atoms with E-state index in [1.807, 2.05) is 0 Å². The summed E-state index contributed by atoms with van der Waals surface area (Å²) in [5, 5.41) is 8.69. The number of hydrogen-bond acceptors (Lipinski definition) is 4. The molecule has 5 heteroatoms. The van der Waals surface area contributed by atoms with Gasteiger partial charge in [-0.3, -0.25) is 0 Å². The van der Waals surface area contributed by atoms with Gasteiger partial charge in [-0.15, -0.1) is 0 Å². The highest BCUT2D eigenvalue weighted by atomic mass is 19.1. The van der Waals surface area contributed by atoms with E-state index in [9.17, 15) is 4.39 Å². The van der Waals surface area contributed by atoms with Gasteiger partial charge in [0.15, 0.2) is 0 Å². The van der Waals surface area contributed by atoms with Crippen LogP contribution in [0.3, 0.4) is 0 Å². The van der Waals surface area contributed by atoms with Gasteiger partial charge in [0, 0.05) is 20.3 Å². The summed E-state index contributed by atoms with van der Waals surface area (Å²) in [6.07, 6.45) is 0.861. The summed E-state index contributed by atoms with van der Waals surface area (Å²) in [6.45, 7) is 2.65. The fourth-order valence-corrected chi connectivity index (χ4v) is 1.46. The van der Waals surface area contributed by atoms with Crippen LogP contribution < -0.4 is 0 Å². The van der Waals surface area contributed by atoms with Crippen LogP contribution in [0.1, 0.15) is 17.5 Å². The van der Waals surface area contributed by atoms with E-state index >= 15 is 0 Å². The first-order valence-electron chi connectivity index (χ1n) is 6.11. The molecule has 0 fully saturated rings. The van der Waals surface area contributed by atoms with E-state index in [-0.39, 0.29) is 5.56 Å². The zero-order valence-corrected chi connectivity index (χ0v) is 11.0. The minimum absolute atomic E-state index is 0.0388. The maximum atomic E-state index is 13.1. The van der Waals surface area contributed by atoms with Gasteiger partial charge in [0.1, 0.15) is 11.9 Å². The van der Waals surface area contributed by atoms with Crippen molar-refractivity contribution in [3.8, 4) is 6.07 Å². The summed E-state index contributed by atoms with van der Waals surface area (Å²) in [5.41, 5.74) is 0.814. The predicted octanol–water partition coefficient (Wildman–Crippen LogP) is 2.27. The number of hydrogen-bond donors (Lipinski definition) is 0. The highest BCUT2D eigenvalue weighted by Crippen LogP contribution is 2.10. The van der Waals surface area contributed by atoms with E-state index in [2.05, 4.69) is 0 Å². The normalized spacial score (nSPS) is 10.4. The Labute approximate surface area is 112 Å². The molecule has 0 amide bonds. The Morgan fingerprint density at radius 1 is 1.16 bits per heavy atom. The van der Waals surface area contributed by atoms with E-state index in [1.54, 1.807) is 19.2 Å². The highest BCUT2D eigenvalue weighted by Gasteiger charge is 2.02. The zero-order chi connectivity index (χ0) is 13.9. The van der Waals surface area contributed by atoms with Gasteiger partial charge in [0.25, 0.3) is 0 Å². The Balaban J connectivity index is 2.14. The van der Waals surface area contributed by atoms with E-state index in [4.69, 9.17) is 19.5 Å². The largest absolute Gasteiger partial charge is 0.385 e. The first-order chi connectivity index (χ1) is 9.27. The van der Waals surface area contributed by atoms with Crippen LogP contribution in [0, 0.1) is 17.1 Å². The second-order valence-electron chi connectivity index (χ2n) is 3.94. The van der Waals surface area contributed by atoms with Crippen molar-refractivity contribution in [2.24, 2.45) is 0 Å². The third-order valence-electron chi connectivity index (χ3n) is 2.43. The monoisotopic (exact) mass is 267 g/mol. The molecular formula is C14H18FNO3. The van der Waals surface area contributed by atoms with Crippen molar-refractivity contribution in [1.29, 1.82) is 5.26 Å². The van der Waals surface area contributed by atoms with Crippen molar-refractivity contribution in [1.82, 2.24) is 0 Å². The van der Waals surface area contributed by atoms with Crippen LogP contribution in [0.4, 0.5) is 4.39 Å². The number of nitrogens with zero attached hydrogens (tertiary/aromatic N) is 1. The predicted molar refractivity (Wildman–Crippen MR) is 68.1 cm³/mol. The molecule has 1 aromatic carbocycles. The van der Waals surface area contributed by atoms with Crippen LogP contribution in [-0.4, -0.2) is 33.5 Å². The Morgan fingerprint density at radius 3 is 2.68 bits per heavy atom. The third kappa shape index (κ3) is 6.30. The Kier molecular flexibility index (Phi) is 7.75. The standard InChI is InChI=1S/C14H18FNO3/c1-17-5-2-6-18-7-8-19-11-12-3-4-14(15)13(9-12)10-16/h3-4,9H,2,5-8,11H2,1H3. The summed E-state index contributed by atoms with van der Waals surface area (Å²) in [6, 6.07) is 6.18. The van der Waals surface area contributed by atoms with Crippen molar-refractivity contribution in [3.63, 3.8) is 0 Å². The van der Waals surface area contributed by atoms with Crippen molar-refractivity contribution in [2.45, 2.75) is 13.0 Å². The number of ether oxygens (including phenoxy) is 3. The fraction of sp³-hybridized carbons (Fsp3) is 0.500. The Morgan fingerprint density at radius 2 is 1.95 bits per heavy atom. The minimum Gasteiger partial charge on any atom is -0.385 e. The molecule has 4 nitrogen and oxygen atoms in total. The molecule has 0 N–H and O–H groups in total. The lowest BCUT2D eigenvalue weighted by Gasteiger charge is -2.06. The quantitative estimate of drug-likeness (QED) is 0.644. The highest BCUT2D eigenvalue weighted by molar-refractivity contribution is 5.34. The lowest BCUT2D eigenvalue weighted by atomic mass is 10.1. The van der Waals surface area contributed by atoms with Gasteiger partial charge >= 0.3 is 0 Å². The summed E-state index contributed by atoms with van der Waals surface area (Å²) in [7, 11) is 1.65. The van der Waals surface area contributed by atoms with Crippen LogP contribution in [-0.2, 0) is 20.8 Å². The summed E-state index contributed by atoms with van der Waals surface area (Å²) >= 11 is 0. The molecule has 1 aromatic rings. The molecule has 19 heavy (non-hydrogen) atoms. The molecule has 0 spiro atoms. The van der Waals surface area contributed by atoms with Gasteiger partial charge in [0.2, 0.25) is 0 Å². The Hall–Kier alpha value is -1.48. The summed E-state index contributed by atoms with van der Waals surface area (Å²) in [4.78, 5) is 0. The van der Waals surface area contributed by atoms with E-state index < -0.39 is 5.82 Å². The lowest BCUT2D eigenvalue weighted by molar-refractivity contribution is 0.0336. The maximum Gasteiger partial charge on any atom is 0.140 e. The van der Waals surface area contributed by atoms with Gasteiger partial charge in [-0.1, -0.05) is 6.07 Å². The van der Waals surface area contributed by atoms with Crippen LogP contribution in [0.15, 0.2) is 18.2 Å².